The minimum absolute atomic E-state index is 0.152. The summed E-state index contributed by atoms with van der Waals surface area (Å²) in [6.07, 6.45) is 7.62. The van der Waals surface area contributed by atoms with E-state index in [9.17, 15) is 9.59 Å². The maximum Gasteiger partial charge on any atom is 0.222 e. The van der Waals surface area contributed by atoms with Crippen molar-refractivity contribution < 1.29 is 9.59 Å². The fourth-order valence-corrected chi connectivity index (χ4v) is 2.48. The number of Topliss-reactive ketones (excluding diaryl/α,β-unsaturated/α-hetero) is 1. The average Bonchev–Trinajstić information content (AvgIpc) is 2.92. The highest BCUT2D eigenvalue weighted by Crippen LogP contribution is 2.10. The lowest BCUT2D eigenvalue weighted by Gasteiger charge is -2.18. The van der Waals surface area contributed by atoms with Gasteiger partial charge in [-0.2, -0.15) is 0 Å². The first kappa shape index (κ1) is 17.4. The molecule has 0 N–H and O–H groups in total. The molecule has 1 aromatic rings. The molecule has 1 rings (SSSR count). The van der Waals surface area contributed by atoms with Crippen molar-refractivity contribution in [3.05, 3.63) is 18.7 Å². The number of amides is 1. The Hall–Kier alpha value is -1.65. The van der Waals surface area contributed by atoms with Gasteiger partial charge in [-0.1, -0.05) is 6.92 Å². The van der Waals surface area contributed by atoms with Crippen molar-refractivity contribution in [1.29, 1.82) is 0 Å². The van der Waals surface area contributed by atoms with Crippen molar-refractivity contribution >= 4 is 11.7 Å². The van der Waals surface area contributed by atoms with E-state index in [1.165, 1.54) is 0 Å². The van der Waals surface area contributed by atoms with Gasteiger partial charge in [-0.15, -0.1) is 0 Å². The summed E-state index contributed by atoms with van der Waals surface area (Å²) in [5.41, 5.74) is 0. The molecule has 1 atom stereocenters. The van der Waals surface area contributed by atoms with Crippen LogP contribution in [0.25, 0.3) is 0 Å². The van der Waals surface area contributed by atoms with Gasteiger partial charge in [0.25, 0.3) is 0 Å². The maximum absolute atomic E-state index is 11.9. The van der Waals surface area contributed by atoms with Crippen LogP contribution in [0.3, 0.4) is 0 Å². The zero-order valence-corrected chi connectivity index (χ0v) is 13.4. The molecule has 0 spiro atoms. The molecule has 1 aromatic heterocycles. The van der Waals surface area contributed by atoms with Crippen molar-refractivity contribution in [2.24, 2.45) is 5.92 Å². The van der Waals surface area contributed by atoms with E-state index >= 15 is 0 Å². The molecule has 0 fully saturated rings. The van der Waals surface area contributed by atoms with Crippen molar-refractivity contribution in [2.45, 2.75) is 53.0 Å². The third-order valence-corrected chi connectivity index (χ3v) is 3.62. The van der Waals surface area contributed by atoms with Crippen LogP contribution in [0, 0.1) is 5.92 Å². The van der Waals surface area contributed by atoms with Crippen LogP contribution in [-0.4, -0.2) is 39.2 Å². The molecule has 0 saturated carbocycles. The third-order valence-electron chi connectivity index (χ3n) is 3.62. The highest BCUT2D eigenvalue weighted by molar-refractivity contribution is 5.80. The summed E-state index contributed by atoms with van der Waals surface area (Å²) in [5.74, 6) is 0.694. The van der Waals surface area contributed by atoms with Gasteiger partial charge in [0.15, 0.2) is 0 Å². The lowest BCUT2D eigenvalue weighted by atomic mass is 10.0. The predicted octanol–water partition coefficient (Wildman–Crippen LogP) is 2.52. The van der Waals surface area contributed by atoms with Gasteiger partial charge in [-0.25, -0.2) is 4.98 Å². The summed E-state index contributed by atoms with van der Waals surface area (Å²) in [6.45, 7) is 8.31. The van der Waals surface area contributed by atoms with E-state index in [1.54, 1.807) is 12.5 Å². The fraction of sp³-hybridized carbons (Fsp3) is 0.688. The molecule has 0 aliphatic carbocycles. The summed E-state index contributed by atoms with van der Waals surface area (Å²) in [5, 5.41) is 0. The quantitative estimate of drug-likeness (QED) is 0.666. The second kappa shape index (κ2) is 9.32. The van der Waals surface area contributed by atoms with Gasteiger partial charge >= 0.3 is 0 Å². The molecule has 5 heteroatoms. The van der Waals surface area contributed by atoms with Gasteiger partial charge in [0.05, 0.1) is 6.33 Å². The van der Waals surface area contributed by atoms with Crippen molar-refractivity contribution in [3.63, 3.8) is 0 Å². The molecule has 118 valence electrons. The molecule has 0 aromatic carbocycles. The molecule has 0 bridgehead atoms. The van der Waals surface area contributed by atoms with Crippen molar-refractivity contribution in [1.82, 2.24) is 14.5 Å². The van der Waals surface area contributed by atoms with Crippen LogP contribution in [0.4, 0.5) is 0 Å². The molecule has 1 amide bonds. The second-order valence-electron chi connectivity index (χ2n) is 5.53. The van der Waals surface area contributed by atoms with E-state index in [2.05, 4.69) is 11.9 Å². The Morgan fingerprint density at radius 2 is 1.95 bits per heavy atom. The van der Waals surface area contributed by atoms with Gasteiger partial charge in [0.1, 0.15) is 5.78 Å². The maximum atomic E-state index is 11.9. The second-order valence-corrected chi connectivity index (χ2v) is 5.53. The predicted molar refractivity (Wildman–Crippen MR) is 82.8 cm³/mol. The van der Waals surface area contributed by atoms with E-state index in [0.29, 0.717) is 31.6 Å². The average molecular weight is 293 g/mol. The third kappa shape index (κ3) is 6.56. The molecular weight excluding hydrogens is 266 g/mol. The van der Waals surface area contributed by atoms with Gasteiger partial charge < -0.3 is 9.47 Å². The summed E-state index contributed by atoms with van der Waals surface area (Å²) in [4.78, 5) is 29.6. The Labute approximate surface area is 127 Å². The largest absolute Gasteiger partial charge is 0.343 e. The lowest BCUT2D eigenvalue weighted by molar-refractivity contribution is -0.131. The number of aromatic nitrogens is 2. The number of carbonyl (C=O) groups is 2. The Morgan fingerprint density at radius 3 is 2.52 bits per heavy atom. The number of nitrogens with zero attached hydrogens (tertiary/aromatic N) is 3. The summed E-state index contributed by atoms with van der Waals surface area (Å²) >= 11 is 0. The minimum Gasteiger partial charge on any atom is -0.343 e. The molecule has 0 aliphatic heterocycles. The number of carbonyl (C=O) groups excluding carboxylic acids is 2. The van der Waals surface area contributed by atoms with Crippen LogP contribution in [0.2, 0.25) is 0 Å². The number of hydrogen-bond acceptors (Lipinski definition) is 3. The van der Waals surface area contributed by atoms with Crippen LogP contribution in [-0.2, 0) is 16.1 Å². The monoisotopic (exact) mass is 293 g/mol. The summed E-state index contributed by atoms with van der Waals surface area (Å²) < 4.78 is 1.99. The minimum atomic E-state index is 0.152. The molecule has 0 radical (unpaired) electrons. The Morgan fingerprint density at radius 1 is 1.24 bits per heavy atom. The van der Waals surface area contributed by atoms with Crippen LogP contribution in [0.5, 0.6) is 0 Å². The van der Waals surface area contributed by atoms with E-state index in [0.717, 1.165) is 19.6 Å². The SMILES string of the molecule is CCN(CC)C(=O)CCCC(=O)CC(C)Cn1ccnc1. The molecule has 5 nitrogen and oxygen atoms in total. The molecule has 21 heavy (non-hydrogen) atoms. The number of rotatable bonds is 10. The van der Waals surface area contributed by atoms with E-state index in [-0.39, 0.29) is 11.7 Å². The molecule has 1 unspecified atom stereocenters. The smallest absolute Gasteiger partial charge is 0.222 e. The number of imidazole rings is 1. The molecule has 0 aliphatic rings. The van der Waals surface area contributed by atoms with Crippen LogP contribution in [0.15, 0.2) is 18.7 Å². The van der Waals surface area contributed by atoms with E-state index < -0.39 is 0 Å². The highest BCUT2D eigenvalue weighted by Gasteiger charge is 2.12. The van der Waals surface area contributed by atoms with Crippen LogP contribution < -0.4 is 0 Å². The summed E-state index contributed by atoms with van der Waals surface area (Å²) in [7, 11) is 0. The normalized spacial score (nSPS) is 12.1. The first-order valence-electron chi connectivity index (χ1n) is 7.82. The molecular formula is C16H27N3O2. The number of hydrogen-bond donors (Lipinski definition) is 0. The molecule has 0 saturated heterocycles. The lowest BCUT2D eigenvalue weighted by Crippen LogP contribution is -2.30. The number of ketones is 1. The zero-order valence-electron chi connectivity index (χ0n) is 13.4. The zero-order chi connectivity index (χ0) is 15.7. The van der Waals surface area contributed by atoms with Crippen LogP contribution >= 0.6 is 0 Å². The first-order valence-corrected chi connectivity index (χ1v) is 7.82. The molecule has 1 heterocycles. The van der Waals surface area contributed by atoms with E-state index in [4.69, 9.17) is 0 Å². The topological polar surface area (TPSA) is 55.2 Å². The van der Waals surface area contributed by atoms with Crippen molar-refractivity contribution in [2.75, 3.05) is 13.1 Å². The standard InChI is InChI=1S/C16H27N3O2/c1-4-19(5-2)16(21)8-6-7-15(20)11-14(3)12-18-10-9-17-13-18/h9-10,13-14H,4-8,11-12H2,1-3H3. The Kier molecular flexibility index (Phi) is 7.72. The highest BCUT2D eigenvalue weighted by atomic mass is 16.2. The van der Waals surface area contributed by atoms with Crippen molar-refractivity contribution in [3.8, 4) is 0 Å². The van der Waals surface area contributed by atoms with Gasteiger partial charge in [-0.3, -0.25) is 9.59 Å². The van der Waals surface area contributed by atoms with Crippen LogP contribution in [0.1, 0.15) is 46.5 Å². The summed E-state index contributed by atoms with van der Waals surface area (Å²) in [6, 6.07) is 0. The first-order chi connectivity index (χ1) is 10.1. The Balaban J connectivity index is 2.20. The van der Waals surface area contributed by atoms with Gasteiger partial charge in [0.2, 0.25) is 5.91 Å². The van der Waals surface area contributed by atoms with E-state index in [1.807, 2.05) is 29.5 Å². The van der Waals surface area contributed by atoms with Gasteiger partial charge in [-0.05, 0) is 26.2 Å². The fourth-order valence-electron chi connectivity index (χ4n) is 2.48. The van der Waals surface area contributed by atoms with Gasteiger partial charge in [0, 0.05) is 51.3 Å². The Bertz CT molecular complexity index is 425.